The van der Waals surface area contributed by atoms with Crippen LogP contribution >= 0.6 is 0 Å². The molecule has 0 spiro atoms. The van der Waals surface area contributed by atoms with Gasteiger partial charge in [0.15, 0.2) is 0 Å². The van der Waals surface area contributed by atoms with Crippen molar-refractivity contribution in [3.8, 4) is 0 Å². The number of sulfonamides is 1. The minimum Gasteiger partial charge on any atom is -0.390 e. The first-order valence-corrected chi connectivity index (χ1v) is 15.6. The van der Waals surface area contributed by atoms with Crippen LogP contribution in [0.5, 0.6) is 0 Å². The van der Waals surface area contributed by atoms with E-state index in [1.165, 1.54) is 10.4 Å². The summed E-state index contributed by atoms with van der Waals surface area (Å²) in [5, 5.41) is 17.3. The average Bonchev–Trinajstić information content (AvgIpc) is 2.93. The Kier molecular flexibility index (Phi) is 11.5. The summed E-state index contributed by atoms with van der Waals surface area (Å²) < 4.78 is 26.1. The molecule has 2 aromatic carbocycles. The van der Waals surface area contributed by atoms with Gasteiger partial charge in [-0.25, -0.2) is 13.4 Å². The predicted molar refractivity (Wildman–Crippen MR) is 161 cm³/mol. The highest BCUT2D eigenvalue weighted by atomic mass is 32.2. The van der Waals surface area contributed by atoms with E-state index in [0.29, 0.717) is 11.9 Å². The Morgan fingerprint density at radius 2 is 1.64 bits per heavy atom. The molecule has 5 N–H and O–H groups in total. The van der Waals surface area contributed by atoms with E-state index in [1.807, 2.05) is 44.2 Å². The Labute approximate surface area is 246 Å². The molecule has 1 heterocycles. The number of pyridine rings is 1. The summed E-state index contributed by atoms with van der Waals surface area (Å²) in [5.41, 5.74) is 6.81. The maximum Gasteiger partial charge on any atom is 0.270 e. The van der Waals surface area contributed by atoms with Crippen LogP contribution in [-0.2, 0) is 26.0 Å². The van der Waals surface area contributed by atoms with E-state index in [1.54, 1.807) is 30.3 Å². The molecule has 0 aliphatic carbocycles. The van der Waals surface area contributed by atoms with Gasteiger partial charge >= 0.3 is 0 Å². The largest absolute Gasteiger partial charge is 0.390 e. The fraction of sp³-hybridized carbons (Fsp3) is 0.400. The topological polar surface area (TPSA) is 172 Å². The molecule has 1 unspecified atom stereocenters. The lowest BCUT2D eigenvalue weighted by Gasteiger charge is -2.30. The van der Waals surface area contributed by atoms with Gasteiger partial charge in [0.2, 0.25) is 21.8 Å². The van der Waals surface area contributed by atoms with E-state index < -0.39 is 52.4 Å². The molecule has 0 fully saturated rings. The molecule has 42 heavy (non-hydrogen) atoms. The van der Waals surface area contributed by atoms with Gasteiger partial charge in [-0.05, 0) is 36.5 Å². The highest BCUT2D eigenvalue weighted by molar-refractivity contribution is 7.88. The Balaban J connectivity index is 1.83. The summed E-state index contributed by atoms with van der Waals surface area (Å²) in [5.74, 6) is -2.02. The van der Waals surface area contributed by atoms with Crippen molar-refractivity contribution in [2.24, 2.45) is 11.7 Å². The van der Waals surface area contributed by atoms with Gasteiger partial charge < -0.3 is 21.5 Å². The van der Waals surface area contributed by atoms with Crippen molar-refractivity contribution in [3.63, 3.8) is 0 Å². The molecule has 0 radical (unpaired) electrons. The molecule has 226 valence electrons. The highest BCUT2D eigenvalue weighted by Crippen LogP contribution is 2.14. The van der Waals surface area contributed by atoms with E-state index in [0.717, 1.165) is 17.2 Å². The summed E-state index contributed by atoms with van der Waals surface area (Å²) in [6, 6.07) is 17.2. The normalized spacial score (nSPS) is 14.0. The fourth-order valence-electron chi connectivity index (χ4n) is 4.40. The number of hydrogen-bond donors (Lipinski definition) is 4. The molecule has 3 rings (SSSR count). The molecule has 0 saturated heterocycles. The van der Waals surface area contributed by atoms with Crippen molar-refractivity contribution in [3.05, 3.63) is 78.0 Å². The molecule has 3 aromatic rings. The number of para-hydroxylation sites is 1. The Hall–Kier alpha value is -3.87. The maximum absolute atomic E-state index is 13.5. The van der Waals surface area contributed by atoms with E-state index in [-0.39, 0.29) is 31.1 Å². The summed E-state index contributed by atoms with van der Waals surface area (Å²) in [6.07, 6.45) is 0.0280. The summed E-state index contributed by atoms with van der Waals surface area (Å²) in [4.78, 5) is 42.7. The van der Waals surface area contributed by atoms with Gasteiger partial charge in [-0.2, -0.15) is 4.31 Å². The number of aliphatic hydroxyl groups excluding tert-OH is 1. The molecule has 1 aromatic heterocycles. The summed E-state index contributed by atoms with van der Waals surface area (Å²) in [6.45, 7) is 3.89. The van der Waals surface area contributed by atoms with Gasteiger partial charge in [-0.3, -0.25) is 14.4 Å². The van der Waals surface area contributed by atoms with Crippen LogP contribution in [0.15, 0.2) is 66.7 Å². The van der Waals surface area contributed by atoms with Crippen molar-refractivity contribution in [1.29, 1.82) is 0 Å². The molecule has 11 nitrogen and oxygen atoms in total. The number of benzene rings is 2. The molecule has 0 aliphatic rings. The zero-order valence-corrected chi connectivity index (χ0v) is 24.9. The Bertz CT molecular complexity index is 1480. The van der Waals surface area contributed by atoms with Gasteiger partial charge in [-0.15, -0.1) is 0 Å². The second kappa shape index (κ2) is 14.9. The first kappa shape index (κ1) is 32.6. The molecular weight excluding hydrogens is 558 g/mol. The Morgan fingerprint density at radius 1 is 0.976 bits per heavy atom. The number of rotatable bonds is 15. The number of nitrogens with one attached hydrogen (secondary N) is 2. The second-order valence-corrected chi connectivity index (χ2v) is 12.7. The average molecular weight is 598 g/mol. The number of fused-ring (bicyclic) bond motifs is 1. The minimum atomic E-state index is -3.65. The lowest BCUT2D eigenvalue weighted by atomic mass is 10.00. The third kappa shape index (κ3) is 9.89. The van der Waals surface area contributed by atoms with Gasteiger partial charge in [0.05, 0.1) is 30.3 Å². The second-order valence-electron chi connectivity index (χ2n) is 10.8. The van der Waals surface area contributed by atoms with Crippen LogP contribution in [0.1, 0.15) is 42.7 Å². The van der Waals surface area contributed by atoms with Crippen molar-refractivity contribution in [2.45, 2.75) is 51.3 Å². The maximum atomic E-state index is 13.5. The number of amides is 3. The number of primary amides is 1. The van der Waals surface area contributed by atoms with Gasteiger partial charge in [-0.1, -0.05) is 68.4 Å². The van der Waals surface area contributed by atoms with Crippen LogP contribution in [-0.4, -0.2) is 78.1 Å². The summed E-state index contributed by atoms with van der Waals surface area (Å²) in [7, 11) is -3.65. The van der Waals surface area contributed by atoms with Crippen LogP contribution in [0.3, 0.4) is 0 Å². The molecule has 3 amide bonds. The number of aromatic nitrogens is 1. The van der Waals surface area contributed by atoms with E-state index >= 15 is 0 Å². The van der Waals surface area contributed by atoms with Crippen molar-refractivity contribution in [2.75, 3.05) is 19.3 Å². The van der Waals surface area contributed by atoms with E-state index in [9.17, 15) is 27.9 Å². The number of hydrogen-bond acceptors (Lipinski definition) is 7. The van der Waals surface area contributed by atoms with E-state index in [2.05, 4.69) is 15.6 Å². The zero-order chi connectivity index (χ0) is 30.9. The first-order valence-electron chi connectivity index (χ1n) is 13.8. The third-order valence-electron chi connectivity index (χ3n) is 6.76. The molecule has 3 atom stereocenters. The van der Waals surface area contributed by atoms with Gasteiger partial charge in [0, 0.05) is 18.5 Å². The SMILES string of the molecule is CC(C)CCN(C[C@@H](O)C(Cc1ccccc1)NC(=O)[C@H](CC(N)=O)NC(=O)c1ccc2ccccc2n1)S(C)(=O)=O. The standard InChI is InChI=1S/C30H39N5O6S/c1-20(2)15-16-35(42(3,40)41)19-27(36)25(17-21-9-5-4-6-10-21)33-30(39)26(18-28(31)37)34-29(38)24-14-13-22-11-7-8-12-23(22)32-24/h4-14,20,25-27,36H,15-19H2,1-3H3,(H2,31,37)(H,33,39)(H,34,38)/t25?,26-,27+/m0/s1. The predicted octanol–water partition coefficient (Wildman–Crippen LogP) is 1.60. The lowest BCUT2D eigenvalue weighted by molar-refractivity contribution is -0.128. The number of carbonyl (C=O) groups is 3. The number of nitrogens with zero attached hydrogens (tertiary/aromatic N) is 2. The number of carbonyl (C=O) groups excluding carboxylic acids is 3. The highest BCUT2D eigenvalue weighted by Gasteiger charge is 2.31. The number of nitrogens with two attached hydrogens (primary N) is 1. The van der Waals surface area contributed by atoms with E-state index in [4.69, 9.17) is 5.73 Å². The quantitative estimate of drug-likeness (QED) is 0.206. The van der Waals surface area contributed by atoms with Crippen LogP contribution in [0, 0.1) is 5.92 Å². The molecule has 12 heteroatoms. The van der Waals surface area contributed by atoms with Crippen molar-refractivity contribution >= 4 is 38.6 Å². The van der Waals surface area contributed by atoms with Crippen LogP contribution in [0.4, 0.5) is 0 Å². The van der Waals surface area contributed by atoms with Crippen molar-refractivity contribution in [1.82, 2.24) is 19.9 Å². The van der Waals surface area contributed by atoms with Crippen molar-refractivity contribution < 1.29 is 27.9 Å². The molecule has 0 aliphatic heterocycles. The zero-order valence-electron chi connectivity index (χ0n) is 24.1. The van der Waals surface area contributed by atoms with Crippen LogP contribution in [0.25, 0.3) is 10.9 Å². The van der Waals surface area contributed by atoms with Crippen LogP contribution in [0.2, 0.25) is 0 Å². The number of aliphatic hydroxyl groups is 1. The lowest BCUT2D eigenvalue weighted by Crippen LogP contribution is -2.56. The first-order chi connectivity index (χ1) is 19.8. The van der Waals surface area contributed by atoms with Crippen LogP contribution < -0.4 is 16.4 Å². The summed E-state index contributed by atoms with van der Waals surface area (Å²) >= 11 is 0. The monoisotopic (exact) mass is 597 g/mol. The van der Waals surface area contributed by atoms with Gasteiger partial charge in [0.25, 0.3) is 5.91 Å². The molecule has 0 bridgehead atoms. The Morgan fingerprint density at radius 3 is 2.29 bits per heavy atom. The van der Waals surface area contributed by atoms with Gasteiger partial charge in [0.1, 0.15) is 11.7 Å². The third-order valence-corrected chi connectivity index (χ3v) is 8.03. The molecule has 0 saturated carbocycles. The molecular formula is C30H39N5O6S. The fourth-order valence-corrected chi connectivity index (χ4v) is 5.26. The smallest absolute Gasteiger partial charge is 0.270 e. The minimum absolute atomic E-state index is 0.0470.